The molecule has 2 atom stereocenters. The molecular formula is C16H22N2. The highest BCUT2D eigenvalue weighted by Crippen LogP contribution is 2.27. The Bertz CT molecular complexity index is 514. The zero-order valence-corrected chi connectivity index (χ0v) is 11.6. The maximum atomic E-state index is 4.26. The van der Waals surface area contributed by atoms with Crippen molar-refractivity contribution in [2.24, 2.45) is 0 Å². The van der Waals surface area contributed by atoms with E-state index in [1.165, 1.54) is 16.3 Å². The first kappa shape index (κ1) is 13.0. The number of nitrogens with one attached hydrogen (secondary N) is 1. The maximum Gasteiger partial charge on any atom is 0.0349 e. The van der Waals surface area contributed by atoms with Crippen molar-refractivity contribution in [3.05, 3.63) is 42.2 Å². The average molecular weight is 242 g/mol. The molecule has 0 bridgehead atoms. The van der Waals surface area contributed by atoms with Gasteiger partial charge in [0.15, 0.2) is 0 Å². The Morgan fingerprint density at radius 3 is 2.56 bits per heavy atom. The second-order valence-corrected chi connectivity index (χ2v) is 5.34. The molecule has 1 aromatic heterocycles. The largest absolute Gasteiger partial charge is 0.311 e. The summed E-state index contributed by atoms with van der Waals surface area (Å²) in [5, 5.41) is 6.12. The minimum atomic E-state index is 0.454. The monoisotopic (exact) mass is 242 g/mol. The van der Waals surface area contributed by atoms with Crippen LogP contribution in [0.1, 0.15) is 39.2 Å². The summed E-state index contributed by atoms with van der Waals surface area (Å²) in [6, 6.07) is 9.54. The van der Waals surface area contributed by atoms with Gasteiger partial charge in [-0.15, -0.1) is 0 Å². The molecule has 0 aliphatic rings. The van der Waals surface area contributed by atoms with Crippen LogP contribution in [0.5, 0.6) is 0 Å². The lowest BCUT2D eigenvalue weighted by molar-refractivity contribution is 0.441. The van der Waals surface area contributed by atoms with Crippen molar-refractivity contribution in [2.45, 2.75) is 45.7 Å². The summed E-state index contributed by atoms with van der Waals surface area (Å²) in [7, 11) is 0. The molecule has 0 saturated carbocycles. The van der Waals surface area contributed by atoms with Gasteiger partial charge in [0.05, 0.1) is 0 Å². The van der Waals surface area contributed by atoms with Crippen molar-refractivity contribution < 1.29 is 0 Å². The van der Waals surface area contributed by atoms with E-state index >= 15 is 0 Å². The minimum Gasteiger partial charge on any atom is -0.311 e. The Kier molecular flexibility index (Phi) is 3.97. The maximum absolute atomic E-state index is 4.26. The van der Waals surface area contributed by atoms with Crippen LogP contribution in [-0.2, 0) is 0 Å². The van der Waals surface area contributed by atoms with Gasteiger partial charge in [0.25, 0.3) is 0 Å². The van der Waals surface area contributed by atoms with Crippen molar-refractivity contribution >= 4 is 10.8 Å². The molecule has 0 amide bonds. The number of hydrogen-bond acceptors (Lipinski definition) is 2. The molecule has 96 valence electrons. The predicted molar refractivity (Wildman–Crippen MR) is 77.9 cm³/mol. The molecule has 0 radical (unpaired) electrons. The zero-order chi connectivity index (χ0) is 13.1. The van der Waals surface area contributed by atoms with Gasteiger partial charge in [-0.3, -0.25) is 4.98 Å². The van der Waals surface area contributed by atoms with Crippen LogP contribution in [0.2, 0.25) is 0 Å². The molecule has 0 spiro atoms. The van der Waals surface area contributed by atoms with Crippen LogP contribution >= 0.6 is 0 Å². The van der Waals surface area contributed by atoms with Crippen LogP contribution in [0.4, 0.5) is 0 Å². The predicted octanol–water partition coefficient (Wildman–Crippen LogP) is 3.72. The van der Waals surface area contributed by atoms with E-state index < -0.39 is 0 Å². The normalized spacial score (nSPS) is 14.9. The molecule has 2 nitrogen and oxygen atoms in total. The summed E-state index contributed by atoms with van der Waals surface area (Å²) in [6.07, 6.45) is 3.83. The number of benzene rings is 1. The van der Waals surface area contributed by atoms with Crippen LogP contribution in [0.15, 0.2) is 36.7 Å². The lowest BCUT2D eigenvalue weighted by atomic mass is 9.90. The molecule has 2 aromatic rings. The lowest BCUT2D eigenvalue weighted by Gasteiger charge is -2.25. The number of aromatic nitrogens is 1. The standard InChI is InChI=1S/C16H22N2/c1-11(2)18-13(4)12(3)15-7-5-6-14-8-9-17-10-16(14)15/h5-13,18H,1-4H3. The summed E-state index contributed by atoms with van der Waals surface area (Å²) in [5.74, 6) is 0.472. The van der Waals surface area contributed by atoms with Gasteiger partial charge in [-0.2, -0.15) is 0 Å². The van der Waals surface area contributed by atoms with Gasteiger partial charge in [0.1, 0.15) is 0 Å². The molecule has 1 heterocycles. The van der Waals surface area contributed by atoms with E-state index in [-0.39, 0.29) is 0 Å². The van der Waals surface area contributed by atoms with E-state index in [1.54, 1.807) is 0 Å². The van der Waals surface area contributed by atoms with Crippen LogP contribution in [-0.4, -0.2) is 17.1 Å². The first-order chi connectivity index (χ1) is 8.59. The van der Waals surface area contributed by atoms with E-state index in [0.717, 1.165) is 0 Å². The molecule has 18 heavy (non-hydrogen) atoms. The van der Waals surface area contributed by atoms with Gasteiger partial charge in [-0.1, -0.05) is 39.0 Å². The first-order valence-corrected chi connectivity index (χ1v) is 6.68. The Morgan fingerprint density at radius 2 is 1.83 bits per heavy atom. The third kappa shape index (κ3) is 2.70. The van der Waals surface area contributed by atoms with Crippen LogP contribution in [0.3, 0.4) is 0 Å². The van der Waals surface area contributed by atoms with Crippen molar-refractivity contribution in [3.8, 4) is 0 Å². The molecule has 0 aliphatic heterocycles. The zero-order valence-electron chi connectivity index (χ0n) is 11.6. The third-order valence-corrected chi connectivity index (χ3v) is 3.55. The molecule has 1 N–H and O–H groups in total. The van der Waals surface area contributed by atoms with Crippen molar-refractivity contribution in [2.75, 3.05) is 0 Å². The minimum absolute atomic E-state index is 0.454. The Labute approximate surface area is 109 Å². The van der Waals surface area contributed by atoms with E-state index in [0.29, 0.717) is 18.0 Å². The topological polar surface area (TPSA) is 24.9 Å². The van der Waals surface area contributed by atoms with E-state index in [4.69, 9.17) is 0 Å². The van der Waals surface area contributed by atoms with Gasteiger partial charge in [-0.25, -0.2) is 0 Å². The molecular weight excluding hydrogens is 220 g/mol. The van der Waals surface area contributed by atoms with Gasteiger partial charge < -0.3 is 5.32 Å². The molecule has 2 unspecified atom stereocenters. The average Bonchev–Trinajstić information content (AvgIpc) is 2.36. The molecule has 0 aliphatic carbocycles. The van der Waals surface area contributed by atoms with E-state index in [1.807, 2.05) is 12.4 Å². The molecule has 0 saturated heterocycles. The number of pyridine rings is 1. The summed E-state index contributed by atoms with van der Waals surface area (Å²) >= 11 is 0. The fourth-order valence-corrected chi connectivity index (χ4v) is 2.47. The first-order valence-electron chi connectivity index (χ1n) is 6.68. The van der Waals surface area contributed by atoms with Gasteiger partial charge in [0, 0.05) is 29.9 Å². The molecule has 2 rings (SSSR count). The van der Waals surface area contributed by atoms with Crippen LogP contribution < -0.4 is 5.32 Å². The number of hydrogen-bond donors (Lipinski definition) is 1. The molecule has 0 fully saturated rings. The fraction of sp³-hybridized carbons (Fsp3) is 0.438. The Morgan fingerprint density at radius 1 is 1.06 bits per heavy atom. The lowest BCUT2D eigenvalue weighted by Crippen LogP contribution is -2.36. The second kappa shape index (κ2) is 5.49. The summed E-state index contributed by atoms with van der Waals surface area (Å²) in [4.78, 5) is 4.26. The molecule has 1 aromatic carbocycles. The Hall–Kier alpha value is -1.41. The summed E-state index contributed by atoms with van der Waals surface area (Å²) in [6.45, 7) is 8.91. The van der Waals surface area contributed by atoms with Crippen molar-refractivity contribution in [1.29, 1.82) is 0 Å². The smallest absolute Gasteiger partial charge is 0.0349 e. The Balaban J connectivity index is 2.35. The van der Waals surface area contributed by atoms with Gasteiger partial charge in [0.2, 0.25) is 0 Å². The third-order valence-electron chi connectivity index (χ3n) is 3.55. The molecule has 2 heteroatoms. The summed E-state index contributed by atoms with van der Waals surface area (Å²) in [5.41, 5.74) is 1.38. The number of nitrogens with zero attached hydrogens (tertiary/aromatic N) is 1. The van der Waals surface area contributed by atoms with Crippen molar-refractivity contribution in [1.82, 2.24) is 10.3 Å². The summed E-state index contributed by atoms with van der Waals surface area (Å²) < 4.78 is 0. The fourth-order valence-electron chi connectivity index (χ4n) is 2.47. The highest BCUT2D eigenvalue weighted by Gasteiger charge is 2.16. The van der Waals surface area contributed by atoms with Crippen LogP contribution in [0.25, 0.3) is 10.8 Å². The quantitative estimate of drug-likeness (QED) is 0.883. The van der Waals surface area contributed by atoms with Crippen LogP contribution in [0, 0.1) is 0 Å². The number of fused-ring (bicyclic) bond motifs is 1. The SMILES string of the molecule is CC(C)NC(C)C(C)c1cccc2ccncc12. The highest BCUT2D eigenvalue weighted by atomic mass is 14.9. The number of rotatable bonds is 4. The van der Waals surface area contributed by atoms with E-state index in [9.17, 15) is 0 Å². The van der Waals surface area contributed by atoms with E-state index in [2.05, 4.69) is 62.3 Å². The van der Waals surface area contributed by atoms with Crippen molar-refractivity contribution in [3.63, 3.8) is 0 Å². The van der Waals surface area contributed by atoms with Gasteiger partial charge in [-0.05, 0) is 29.9 Å². The highest BCUT2D eigenvalue weighted by molar-refractivity contribution is 5.85. The van der Waals surface area contributed by atoms with Gasteiger partial charge >= 0.3 is 0 Å². The second-order valence-electron chi connectivity index (χ2n) is 5.34.